The minimum absolute atomic E-state index is 0.00108. The van der Waals surface area contributed by atoms with Gasteiger partial charge in [0, 0.05) is 16.6 Å². The zero-order valence-corrected chi connectivity index (χ0v) is 13.2. The maximum atomic E-state index is 14.3. The van der Waals surface area contributed by atoms with Crippen molar-refractivity contribution in [1.29, 1.82) is 0 Å². The summed E-state index contributed by atoms with van der Waals surface area (Å²) in [5.74, 6) is -0.955. The first-order valence-electron chi connectivity index (χ1n) is 6.17. The van der Waals surface area contributed by atoms with E-state index < -0.39 is 11.6 Å². The summed E-state index contributed by atoms with van der Waals surface area (Å²) in [6.07, 6.45) is 0. The Labute approximate surface area is 130 Å². The van der Waals surface area contributed by atoms with E-state index in [1.165, 1.54) is 12.1 Å². The molecule has 1 nitrogen and oxygen atoms in total. The molecular formula is C15H13BrClF2N. The summed E-state index contributed by atoms with van der Waals surface area (Å²) in [6, 6.07) is 7.60. The van der Waals surface area contributed by atoms with Gasteiger partial charge in [-0.2, -0.15) is 0 Å². The van der Waals surface area contributed by atoms with Crippen molar-refractivity contribution >= 4 is 27.5 Å². The molecule has 0 radical (unpaired) electrons. The molecule has 0 atom stereocenters. The number of hydrogen-bond acceptors (Lipinski definition) is 1. The van der Waals surface area contributed by atoms with E-state index in [0.29, 0.717) is 22.1 Å². The maximum Gasteiger partial charge on any atom is 0.150 e. The van der Waals surface area contributed by atoms with Gasteiger partial charge in [-0.05, 0) is 51.8 Å². The summed E-state index contributed by atoms with van der Waals surface area (Å²) in [6.45, 7) is 3.29. The van der Waals surface area contributed by atoms with Gasteiger partial charge in [0.1, 0.15) is 5.82 Å². The lowest BCUT2D eigenvalue weighted by Gasteiger charge is -2.12. The van der Waals surface area contributed by atoms with Gasteiger partial charge in [0.15, 0.2) is 5.82 Å². The SMILES string of the molecule is CCNCc1ccc(F)cc1-c1ccc(Br)c(Cl)c1F. The van der Waals surface area contributed by atoms with Gasteiger partial charge in [0.2, 0.25) is 0 Å². The Bertz CT molecular complexity index is 632. The van der Waals surface area contributed by atoms with Crippen molar-refractivity contribution in [3.8, 4) is 11.1 Å². The van der Waals surface area contributed by atoms with Crippen LogP contribution in [0.15, 0.2) is 34.8 Å². The van der Waals surface area contributed by atoms with Crippen LogP contribution >= 0.6 is 27.5 Å². The topological polar surface area (TPSA) is 12.0 Å². The molecule has 0 unspecified atom stereocenters. The Morgan fingerprint density at radius 1 is 1.15 bits per heavy atom. The third-order valence-electron chi connectivity index (χ3n) is 2.96. The van der Waals surface area contributed by atoms with Gasteiger partial charge in [0.25, 0.3) is 0 Å². The molecule has 5 heteroatoms. The summed E-state index contributed by atoms with van der Waals surface area (Å²) in [4.78, 5) is 0. The molecule has 2 aromatic rings. The highest BCUT2D eigenvalue weighted by atomic mass is 79.9. The summed E-state index contributed by atoms with van der Waals surface area (Å²) in [5, 5.41) is 3.15. The predicted octanol–water partition coefficient (Wildman–Crippen LogP) is 5.16. The number of rotatable bonds is 4. The van der Waals surface area contributed by atoms with E-state index in [9.17, 15) is 8.78 Å². The van der Waals surface area contributed by atoms with Gasteiger partial charge >= 0.3 is 0 Å². The van der Waals surface area contributed by atoms with Crippen LogP contribution in [0, 0.1) is 11.6 Å². The van der Waals surface area contributed by atoms with E-state index in [2.05, 4.69) is 21.2 Å². The van der Waals surface area contributed by atoms with Gasteiger partial charge in [-0.3, -0.25) is 0 Å². The van der Waals surface area contributed by atoms with Gasteiger partial charge in [-0.1, -0.05) is 30.7 Å². The van der Waals surface area contributed by atoms with Gasteiger partial charge < -0.3 is 5.32 Å². The highest BCUT2D eigenvalue weighted by Crippen LogP contribution is 2.34. The van der Waals surface area contributed by atoms with Crippen LogP contribution in [0.1, 0.15) is 12.5 Å². The molecule has 0 bridgehead atoms. The maximum absolute atomic E-state index is 14.3. The molecule has 0 saturated carbocycles. The zero-order valence-electron chi connectivity index (χ0n) is 10.8. The lowest BCUT2D eigenvalue weighted by atomic mass is 9.99. The van der Waals surface area contributed by atoms with E-state index in [4.69, 9.17) is 11.6 Å². The van der Waals surface area contributed by atoms with Crippen LogP contribution in [0.5, 0.6) is 0 Å². The van der Waals surface area contributed by atoms with Gasteiger partial charge in [0.05, 0.1) is 5.02 Å². The minimum Gasteiger partial charge on any atom is -0.313 e. The average Bonchev–Trinajstić information content (AvgIpc) is 2.44. The van der Waals surface area contributed by atoms with E-state index in [1.54, 1.807) is 18.2 Å². The molecule has 20 heavy (non-hydrogen) atoms. The quantitative estimate of drug-likeness (QED) is 0.743. The van der Waals surface area contributed by atoms with Crippen LogP contribution < -0.4 is 5.32 Å². The third kappa shape index (κ3) is 3.19. The Hall–Kier alpha value is -0.970. The second-order valence-corrected chi connectivity index (χ2v) is 5.54. The first-order valence-corrected chi connectivity index (χ1v) is 7.34. The summed E-state index contributed by atoms with van der Waals surface area (Å²) < 4.78 is 28.2. The third-order valence-corrected chi connectivity index (χ3v) is 4.22. The highest BCUT2D eigenvalue weighted by molar-refractivity contribution is 9.10. The predicted molar refractivity (Wildman–Crippen MR) is 81.9 cm³/mol. The fraction of sp³-hybridized carbons (Fsp3) is 0.200. The molecule has 0 aliphatic heterocycles. The van der Waals surface area contributed by atoms with Crippen molar-refractivity contribution in [3.63, 3.8) is 0 Å². The molecule has 0 fully saturated rings. The van der Waals surface area contributed by atoms with Crippen molar-refractivity contribution in [3.05, 3.63) is 57.0 Å². The molecule has 0 aliphatic carbocycles. The van der Waals surface area contributed by atoms with Crippen LogP contribution in [0.2, 0.25) is 5.02 Å². The van der Waals surface area contributed by atoms with Crippen LogP contribution in [0.25, 0.3) is 11.1 Å². The fourth-order valence-electron chi connectivity index (χ4n) is 1.95. The second kappa shape index (κ2) is 6.66. The molecule has 0 aliphatic rings. The molecule has 2 rings (SSSR count). The zero-order chi connectivity index (χ0) is 14.7. The first kappa shape index (κ1) is 15.4. The summed E-state index contributed by atoms with van der Waals surface area (Å²) in [5.41, 5.74) is 1.63. The van der Waals surface area contributed by atoms with Crippen LogP contribution in [0.3, 0.4) is 0 Å². The van der Waals surface area contributed by atoms with E-state index >= 15 is 0 Å². The van der Waals surface area contributed by atoms with E-state index in [1.807, 2.05) is 6.92 Å². The molecule has 1 N–H and O–H groups in total. The van der Waals surface area contributed by atoms with Crippen molar-refractivity contribution < 1.29 is 8.78 Å². The van der Waals surface area contributed by atoms with Crippen LogP contribution in [-0.2, 0) is 6.54 Å². The number of halogens is 4. The van der Waals surface area contributed by atoms with Crippen LogP contribution in [0.4, 0.5) is 8.78 Å². The van der Waals surface area contributed by atoms with Gasteiger partial charge in [-0.15, -0.1) is 0 Å². The highest BCUT2D eigenvalue weighted by Gasteiger charge is 2.15. The lowest BCUT2D eigenvalue weighted by Crippen LogP contribution is -2.12. The molecular weight excluding hydrogens is 348 g/mol. The van der Waals surface area contributed by atoms with Gasteiger partial charge in [-0.25, -0.2) is 8.78 Å². The second-order valence-electron chi connectivity index (χ2n) is 4.30. The standard InChI is InChI=1S/C15H13BrClF2N/c1-2-20-8-9-3-4-10(18)7-12(9)11-5-6-13(16)14(17)15(11)19/h3-7,20H,2,8H2,1H3. The molecule has 106 valence electrons. The summed E-state index contributed by atoms with van der Waals surface area (Å²) in [7, 11) is 0. The Balaban J connectivity index is 2.56. The average molecular weight is 361 g/mol. The molecule has 2 aromatic carbocycles. The van der Waals surface area contributed by atoms with Crippen molar-refractivity contribution in [2.75, 3.05) is 6.54 Å². The van der Waals surface area contributed by atoms with Crippen molar-refractivity contribution in [2.24, 2.45) is 0 Å². The number of hydrogen-bond donors (Lipinski definition) is 1. The Kier molecular flexibility index (Phi) is 5.13. The normalized spacial score (nSPS) is 10.8. The minimum atomic E-state index is -0.551. The number of nitrogens with one attached hydrogen (secondary N) is 1. The number of benzene rings is 2. The molecule has 0 heterocycles. The first-order chi connectivity index (χ1) is 9.54. The van der Waals surface area contributed by atoms with E-state index in [-0.39, 0.29) is 5.02 Å². The molecule has 0 spiro atoms. The van der Waals surface area contributed by atoms with Crippen molar-refractivity contribution in [1.82, 2.24) is 5.32 Å². The monoisotopic (exact) mass is 359 g/mol. The Morgan fingerprint density at radius 2 is 1.90 bits per heavy atom. The molecule has 0 aromatic heterocycles. The molecule has 0 saturated heterocycles. The van der Waals surface area contributed by atoms with Crippen LogP contribution in [-0.4, -0.2) is 6.54 Å². The van der Waals surface area contributed by atoms with E-state index in [0.717, 1.165) is 12.1 Å². The smallest absolute Gasteiger partial charge is 0.150 e. The fourth-order valence-corrected chi connectivity index (χ4v) is 2.42. The Morgan fingerprint density at radius 3 is 2.60 bits per heavy atom. The largest absolute Gasteiger partial charge is 0.313 e. The van der Waals surface area contributed by atoms with Crippen molar-refractivity contribution in [2.45, 2.75) is 13.5 Å². The molecule has 0 amide bonds. The lowest BCUT2D eigenvalue weighted by molar-refractivity contribution is 0.622. The summed E-state index contributed by atoms with van der Waals surface area (Å²) >= 11 is 9.07.